The molecule has 0 fully saturated rings. The van der Waals surface area contributed by atoms with Crippen molar-refractivity contribution in [2.45, 2.75) is 25.3 Å². The van der Waals surface area contributed by atoms with Gasteiger partial charge >= 0.3 is 5.97 Å². The largest absolute Gasteiger partial charge is 0.507 e. The van der Waals surface area contributed by atoms with E-state index in [1.165, 1.54) is 12.1 Å². The Balaban J connectivity index is 2.77. The average molecular weight is 238 g/mol. The van der Waals surface area contributed by atoms with Crippen LogP contribution in [0.1, 0.15) is 41.2 Å². The first-order valence-electron chi connectivity index (χ1n) is 5.58. The van der Waals surface area contributed by atoms with Gasteiger partial charge in [0.25, 0.3) is 0 Å². The number of carboxylic acid groups (broad SMARTS) is 1. The monoisotopic (exact) mass is 238 g/mol. The van der Waals surface area contributed by atoms with E-state index in [0.29, 0.717) is 6.54 Å². The molecule has 1 rings (SSSR count). The summed E-state index contributed by atoms with van der Waals surface area (Å²) in [6.45, 7) is 0.628. The number of unbranched alkanes of at least 4 members (excludes halogenated alkanes) is 1. The molecule has 0 saturated heterocycles. The second kappa shape index (κ2) is 6.22. The second-order valence-electron chi connectivity index (χ2n) is 3.97. The van der Waals surface area contributed by atoms with Crippen LogP contribution in [0.2, 0.25) is 0 Å². The predicted octanol–water partition coefficient (Wildman–Crippen LogP) is 1.22. The highest BCUT2D eigenvalue weighted by atomic mass is 16.4. The lowest BCUT2D eigenvalue weighted by Gasteiger charge is -2.12. The van der Waals surface area contributed by atoms with Crippen LogP contribution in [0, 0.1) is 0 Å². The van der Waals surface area contributed by atoms with E-state index in [2.05, 4.69) is 0 Å². The molecule has 0 aliphatic carbocycles. The van der Waals surface area contributed by atoms with Crippen molar-refractivity contribution in [3.05, 3.63) is 29.3 Å². The van der Waals surface area contributed by atoms with Gasteiger partial charge in [-0.15, -0.1) is 0 Å². The smallest absolute Gasteiger partial charge is 0.339 e. The molecule has 0 heterocycles. The van der Waals surface area contributed by atoms with Crippen molar-refractivity contribution in [2.24, 2.45) is 11.5 Å². The molecule has 0 unspecified atom stereocenters. The maximum atomic E-state index is 10.8. The van der Waals surface area contributed by atoms with E-state index >= 15 is 0 Å². The summed E-state index contributed by atoms with van der Waals surface area (Å²) in [5.41, 5.74) is 11.9. The Labute approximate surface area is 100 Å². The van der Waals surface area contributed by atoms with Crippen molar-refractivity contribution in [3.8, 4) is 5.75 Å². The van der Waals surface area contributed by atoms with Crippen LogP contribution in [0.3, 0.4) is 0 Å². The lowest BCUT2D eigenvalue weighted by Crippen LogP contribution is -2.12. The van der Waals surface area contributed by atoms with Crippen LogP contribution in [-0.4, -0.2) is 22.7 Å². The number of aromatic hydroxyl groups is 1. The van der Waals surface area contributed by atoms with E-state index < -0.39 is 5.97 Å². The van der Waals surface area contributed by atoms with Gasteiger partial charge in [0.15, 0.2) is 0 Å². The highest BCUT2D eigenvalue weighted by Crippen LogP contribution is 2.23. The van der Waals surface area contributed by atoms with Gasteiger partial charge in [-0.1, -0.05) is 12.5 Å². The Morgan fingerprint density at radius 1 is 1.35 bits per heavy atom. The minimum atomic E-state index is -1.15. The molecule has 0 amide bonds. The number of nitrogens with two attached hydrogens (primary N) is 2. The van der Waals surface area contributed by atoms with Crippen LogP contribution in [0.5, 0.6) is 5.75 Å². The van der Waals surface area contributed by atoms with Gasteiger partial charge in [0.05, 0.1) is 0 Å². The first-order chi connectivity index (χ1) is 8.06. The molecule has 0 spiro atoms. The number of phenols is 1. The fourth-order valence-corrected chi connectivity index (χ4v) is 1.63. The summed E-state index contributed by atoms with van der Waals surface area (Å²) in [7, 11) is 0. The second-order valence-corrected chi connectivity index (χ2v) is 3.97. The number of benzene rings is 1. The zero-order valence-electron chi connectivity index (χ0n) is 9.60. The van der Waals surface area contributed by atoms with Gasteiger partial charge in [0.2, 0.25) is 0 Å². The highest BCUT2D eigenvalue weighted by molar-refractivity contribution is 5.90. The lowest BCUT2D eigenvalue weighted by molar-refractivity contribution is 0.0693. The van der Waals surface area contributed by atoms with E-state index in [9.17, 15) is 9.90 Å². The maximum absolute atomic E-state index is 10.8. The zero-order valence-corrected chi connectivity index (χ0v) is 9.60. The van der Waals surface area contributed by atoms with Crippen molar-refractivity contribution >= 4 is 5.97 Å². The molecule has 1 atom stereocenters. The SMILES string of the molecule is NCCCC[C@@H](N)c1ccc(O)c(C(=O)O)c1. The fourth-order valence-electron chi connectivity index (χ4n) is 1.63. The number of rotatable bonds is 6. The topological polar surface area (TPSA) is 110 Å². The molecule has 0 aliphatic heterocycles. The summed E-state index contributed by atoms with van der Waals surface area (Å²) in [4.78, 5) is 10.8. The zero-order chi connectivity index (χ0) is 12.8. The summed E-state index contributed by atoms with van der Waals surface area (Å²) in [5, 5.41) is 18.2. The number of aromatic carboxylic acids is 1. The normalized spacial score (nSPS) is 12.4. The average Bonchev–Trinajstić information content (AvgIpc) is 2.29. The highest BCUT2D eigenvalue weighted by Gasteiger charge is 2.13. The molecule has 94 valence electrons. The summed E-state index contributed by atoms with van der Waals surface area (Å²) in [6.07, 6.45) is 2.56. The van der Waals surface area contributed by atoms with Gasteiger partial charge < -0.3 is 21.7 Å². The van der Waals surface area contributed by atoms with Crippen molar-refractivity contribution < 1.29 is 15.0 Å². The molecule has 1 aromatic rings. The van der Waals surface area contributed by atoms with Crippen molar-refractivity contribution in [1.82, 2.24) is 0 Å². The molecule has 17 heavy (non-hydrogen) atoms. The molecule has 5 nitrogen and oxygen atoms in total. The van der Waals surface area contributed by atoms with E-state index in [4.69, 9.17) is 16.6 Å². The number of carboxylic acids is 1. The summed E-state index contributed by atoms with van der Waals surface area (Å²) in [5.74, 6) is -1.39. The Morgan fingerprint density at radius 2 is 2.06 bits per heavy atom. The summed E-state index contributed by atoms with van der Waals surface area (Å²) in [6, 6.07) is 4.21. The van der Waals surface area contributed by atoms with E-state index in [0.717, 1.165) is 24.8 Å². The lowest BCUT2D eigenvalue weighted by atomic mass is 9.99. The number of hydrogen-bond donors (Lipinski definition) is 4. The molecule has 0 bridgehead atoms. The van der Waals surface area contributed by atoms with Gasteiger partial charge in [-0.05, 0) is 37.1 Å². The van der Waals surface area contributed by atoms with Crippen LogP contribution >= 0.6 is 0 Å². The Kier molecular flexibility index (Phi) is 4.93. The van der Waals surface area contributed by atoms with Crippen LogP contribution < -0.4 is 11.5 Å². The third-order valence-electron chi connectivity index (χ3n) is 2.65. The first kappa shape index (κ1) is 13.5. The van der Waals surface area contributed by atoms with Crippen LogP contribution in [0.4, 0.5) is 0 Å². The molecule has 6 N–H and O–H groups in total. The van der Waals surface area contributed by atoms with Crippen LogP contribution in [-0.2, 0) is 0 Å². The van der Waals surface area contributed by atoms with E-state index in [1.54, 1.807) is 6.07 Å². The van der Waals surface area contributed by atoms with Crippen LogP contribution in [0.25, 0.3) is 0 Å². The Hall–Kier alpha value is -1.59. The quantitative estimate of drug-likeness (QED) is 0.557. The first-order valence-corrected chi connectivity index (χ1v) is 5.58. The van der Waals surface area contributed by atoms with Gasteiger partial charge in [0.1, 0.15) is 11.3 Å². The predicted molar refractivity (Wildman–Crippen MR) is 64.9 cm³/mol. The Morgan fingerprint density at radius 3 is 2.65 bits per heavy atom. The molecule has 0 aliphatic rings. The van der Waals surface area contributed by atoms with E-state index in [1.807, 2.05) is 0 Å². The standard InChI is InChI=1S/C12H18N2O3/c13-6-2-1-3-10(14)8-4-5-11(15)9(7-8)12(16)17/h4-5,7,10,15H,1-3,6,13-14H2,(H,16,17)/t10-/m1/s1. The minimum absolute atomic E-state index is 0.114. The van der Waals surface area contributed by atoms with Gasteiger partial charge in [0, 0.05) is 6.04 Å². The van der Waals surface area contributed by atoms with Gasteiger partial charge in [-0.3, -0.25) is 0 Å². The molecule has 1 aromatic carbocycles. The molecule has 0 radical (unpaired) electrons. The molecule has 0 aromatic heterocycles. The van der Waals surface area contributed by atoms with Crippen molar-refractivity contribution in [2.75, 3.05) is 6.54 Å². The third-order valence-corrected chi connectivity index (χ3v) is 2.65. The molecular weight excluding hydrogens is 220 g/mol. The van der Waals surface area contributed by atoms with Gasteiger partial charge in [-0.2, -0.15) is 0 Å². The fraction of sp³-hybridized carbons (Fsp3) is 0.417. The minimum Gasteiger partial charge on any atom is -0.507 e. The molecular formula is C12H18N2O3. The maximum Gasteiger partial charge on any atom is 0.339 e. The van der Waals surface area contributed by atoms with Crippen LogP contribution in [0.15, 0.2) is 18.2 Å². The third kappa shape index (κ3) is 3.72. The van der Waals surface area contributed by atoms with Gasteiger partial charge in [-0.25, -0.2) is 4.79 Å². The summed E-state index contributed by atoms with van der Waals surface area (Å²) < 4.78 is 0. The molecule has 5 heteroatoms. The number of hydrogen-bond acceptors (Lipinski definition) is 4. The van der Waals surface area contributed by atoms with E-state index in [-0.39, 0.29) is 17.4 Å². The number of carbonyl (C=O) groups is 1. The Bertz CT molecular complexity index is 393. The van der Waals surface area contributed by atoms with Crippen molar-refractivity contribution in [1.29, 1.82) is 0 Å². The van der Waals surface area contributed by atoms with Crippen molar-refractivity contribution in [3.63, 3.8) is 0 Å². The summed E-state index contributed by atoms with van der Waals surface area (Å²) >= 11 is 0. The molecule has 0 saturated carbocycles.